The molecular formula is C13H26N4O2. The zero-order chi connectivity index (χ0) is 14.3. The van der Waals surface area contributed by atoms with Crippen LogP contribution in [0, 0.1) is 11.8 Å². The van der Waals surface area contributed by atoms with Crippen LogP contribution in [-0.4, -0.2) is 49.6 Å². The first-order valence-corrected chi connectivity index (χ1v) is 7.01. The summed E-state index contributed by atoms with van der Waals surface area (Å²) in [5, 5.41) is 5.01. The maximum Gasteiger partial charge on any atom is 0.321 e. The van der Waals surface area contributed by atoms with Crippen LogP contribution in [-0.2, 0) is 4.79 Å². The molecule has 1 atom stereocenters. The van der Waals surface area contributed by atoms with Gasteiger partial charge in [0, 0.05) is 13.1 Å². The Morgan fingerprint density at radius 2 is 2.16 bits per heavy atom. The summed E-state index contributed by atoms with van der Waals surface area (Å²) < 4.78 is 0. The lowest BCUT2D eigenvalue weighted by Crippen LogP contribution is -2.47. The molecular weight excluding hydrogens is 244 g/mol. The van der Waals surface area contributed by atoms with E-state index in [-0.39, 0.29) is 12.5 Å². The van der Waals surface area contributed by atoms with Crippen LogP contribution >= 0.6 is 0 Å². The molecule has 0 saturated carbocycles. The quantitative estimate of drug-likeness (QED) is 0.663. The van der Waals surface area contributed by atoms with Gasteiger partial charge in [0.1, 0.15) is 0 Å². The fraction of sp³-hybridized carbons (Fsp3) is 0.846. The van der Waals surface area contributed by atoms with Gasteiger partial charge in [-0.15, -0.1) is 0 Å². The summed E-state index contributed by atoms with van der Waals surface area (Å²) in [4.78, 5) is 25.2. The highest BCUT2D eigenvalue weighted by Gasteiger charge is 2.21. The predicted octanol–water partition coefficient (Wildman–Crippen LogP) is 0.139. The average molecular weight is 270 g/mol. The largest absolute Gasteiger partial charge is 0.338 e. The fourth-order valence-electron chi connectivity index (χ4n) is 2.20. The van der Waals surface area contributed by atoms with Crippen molar-refractivity contribution in [2.45, 2.75) is 26.7 Å². The monoisotopic (exact) mass is 270 g/mol. The topological polar surface area (TPSA) is 87.5 Å². The molecule has 1 aliphatic heterocycles. The average Bonchev–Trinajstić information content (AvgIpc) is 2.36. The summed E-state index contributed by atoms with van der Waals surface area (Å²) in [6.07, 6.45) is 2.19. The SMILES string of the molecule is CC(C)CNC(=O)NC(=O)CN1CCCC(CN)C1. The van der Waals surface area contributed by atoms with Crippen LogP contribution in [0.3, 0.4) is 0 Å². The summed E-state index contributed by atoms with van der Waals surface area (Å²) in [5.74, 6) is 0.587. The van der Waals surface area contributed by atoms with Gasteiger partial charge >= 0.3 is 6.03 Å². The summed E-state index contributed by atoms with van der Waals surface area (Å²) in [5.41, 5.74) is 5.65. The smallest absolute Gasteiger partial charge is 0.321 e. The molecule has 1 unspecified atom stereocenters. The van der Waals surface area contributed by atoms with Gasteiger partial charge in [-0.2, -0.15) is 0 Å². The van der Waals surface area contributed by atoms with E-state index in [1.54, 1.807) is 0 Å². The molecule has 19 heavy (non-hydrogen) atoms. The van der Waals surface area contributed by atoms with Crippen molar-refractivity contribution in [3.8, 4) is 0 Å². The highest BCUT2D eigenvalue weighted by Crippen LogP contribution is 2.14. The number of rotatable bonds is 5. The molecule has 0 aromatic heterocycles. The van der Waals surface area contributed by atoms with Crippen LogP contribution in [0.1, 0.15) is 26.7 Å². The van der Waals surface area contributed by atoms with E-state index in [1.807, 2.05) is 13.8 Å². The second kappa shape index (κ2) is 8.12. The van der Waals surface area contributed by atoms with Crippen molar-refractivity contribution in [1.82, 2.24) is 15.5 Å². The van der Waals surface area contributed by atoms with Crippen molar-refractivity contribution < 1.29 is 9.59 Å². The number of nitrogens with one attached hydrogen (secondary N) is 2. The van der Waals surface area contributed by atoms with E-state index in [1.165, 1.54) is 0 Å². The second-order valence-corrected chi connectivity index (χ2v) is 5.63. The third kappa shape index (κ3) is 6.54. The number of carbonyl (C=O) groups excluding carboxylic acids is 2. The first kappa shape index (κ1) is 15.9. The van der Waals surface area contributed by atoms with Gasteiger partial charge in [-0.25, -0.2) is 4.79 Å². The Hall–Kier alpha value is -1.14. The van der Waals surface area contributed by atoms with Crippen molar-refractivity contribution in [3.63, 3.8) is 0 Å². The lowest BCUT2D eigenvalue weighted by molar-refractivity contribution is -0.121. The standard InChI is InChI=1S/C13H26N4O2/c1-10(2)7-15-13(19)16-12(18)9-17-5-3-4-11(6-14)8-17/h10-11H,3-9,14H2,1-2H3,(H2,15,16,18,19). The molecule has 1 rings (SSSR count). The molecule has 0 aromatic rings. The number of imide groups is 1. The molecule has 110 valence electrons. The third-order valence-electron chi connectivity index (χ3n) is 3.23. The molecule has 6 heteroatoms. The lowest BCUT2D eigenvalue weighted by atomic mass is 9.98. The van der Waals surface area contributed by atoms with E-state index in [4.69, 9.17) is 5.73 Å². The van der Waals surface area contributed by atoms with Crippen LogP contribution < -0.4 is 16.4 Å². The van der Waals surface area contributed by atoms with Gasteiger partial charge in [-0.05, 0) is 37.8 Å². The minimum Gasteiger partial charge on any atom is -0.338 e. The maximum atomic E-state index is 11.7. The van der Waals surface area contributed by atoms with E-state index < -0.39 is 6.03 Å². The predicted molar refractivity (Wildman–Crippen MR) is 74.6 cm³/mol. The van der Waals surface area contributed by atoms with Gasteiger partial charge in [-0.3, -0.25) is 15.0 Å². The van der Waals surface area contributed by atoms with Crippen LogP contribution in [0.15, 0.2) is 0 Å². The summed E-state index contributed by atoms with van der Waals surface area (Å²) in [7, 11) is 0. The normalized spacial score (nSPS) is 20.3. The molecule has 3 amide bonds. The molecule has 0 spiro atoms. The number of likely N-dealkylation sites (tertiary alicyclic amines) is 1. The number of hydrogen-bond donors (Lipinski definition) is 3. The Morgan fingerprint density at radius 1 is 1.42 bits per heavy atom. The van der Waals surface area contributed by atoms with Crippen LogP contribution in [0.2, 0.25) is 0 Å². The Kier molecular flexibility index (Phi) is 6.80. The van der Waals surface area contributed by atoms with Gasteiger partial charge in [-0.1, -0.05) is 13.8 Å². The highest BCUT2D eigenvalue weighted by atomic mass is 16.2. The van der Waals surface area contributed by atoms with Gasteiger partial charge < -0.3 is 11.1 Å². The molecule has 1 fully saturated rings. The molecule has 0 radical (unpaired) electrons. The van der Waals surface area contributed by atoms with Crippen LogP contribution in [0.5, 0.6) is 0 Å². The van der Waals surface area contributed by atoms with E-state index in [0.29, 0.717) is 24.9 Å². The number of hydrogen-bond acceptors (Lipinski definition) is 4. The van der Waals surface area contributed by atoms with Crippen molar-refractivity contribution in [2.75, 3.05) is 32.7 Å². The molecule has 6 nitrogen and oxygen atoms in total. The summed E-state index contributed by atoms with van der Waals surface area (Å²) >= 11 is 0. The van der Waals surface area contributed by atoms with Crippen LogP contribution in [0.25, 0.3) is 0 Å². The number of urea groups is 1. The Morgan fingerprint density at radius 3 is 2.79 bits per heavy atom. The molecule has 1 aliphatic rings. The molecule has 1 heterocycles. The number of carbonyl (C=O) groups is 2. The van der Waals surface area contributed by atoms with E-state index in [0.717, 1.165) is 25.9 Å². The molecule has 4 N–H and O–H groups in total. The maximum absolute atomic E-state index is 11.7. The zero-order valence-corrected chi connectivity index (χ0v) is 11.9. The van der Waals surface area contributed by atoms with Gasteiger partial charge in [0.25, 0.3) is 0 Å². The minimum atomic E-state index is -0.411. The lowest BCUT2D eigenvalue weighted by Gasteiger charge is -2.31. The number of nitrogens with zero attached hydrogens (tertiary/aromatic N) is 1. The number of piperidine rings is 1. The van der Waals surface area contributed by atoms with Crippen molar-refractivity contribution in [3.05, 3.63) is 0 Å². The Labute approximate surface area is 115 Å². The minimum absolute atomic E-state index is 0.251. The Balaban J connectivity index is 2.24. The molecule has 0 bridgehead atoms. The summed E-state index contributed by atoms with van der Waals surface area (Å²) in [6, 6.07) is -0.411. The first-order chi connectivity index (χ1) is 9.01. The first-order valence-electron chi connectivity index (χ1n) is 7.01. The van der Waals surface area contributed by atoms with Gasteiger partial charge in [0.2, 0.25) is 5.91 Å². The number of amides is 3. The van der Waals surface area contributed by atoms with Crippen molar-refractivity contribution >= 4 is 11.9 Å². The van der Waals surface area contributed by atoms with E-state index in [2.05, 4.69) is 15.5 Å². The van der Waals surface area contributed by atoms with Crippen molar-refractivity contribution in [1.29, 1.82) is 0 Å². The van der Waals surface area contributed by atoms with Crippen molar-refractivity contribution in [2.24, 2.45) is 17.6 Å². The molecule has 1 saturated heterocycles. The molecule has 0 aliphatic carbocycles. The third-order valence-corrected chi connectivity index (χ3v) is 3.23. The summed E-state index contributed by atoms with van der Waals surface area (Å²) in [6.45, 7) is 7.25. The molecule has 0 aromatic carbocycles. The van der Waals surface area contributed by atoms with E-state index in [9.17, 15) is 9.59 Å². The highest BCUT2D eigenvalue weighted by molar-refractivity contribution is 5.95. The zero-order valence-electron chi connectivity index (χ0n) is 11.9. The number of nitrogens with two attached hydrogens (primary N) is 1. The van der Waals surface area contributed by atoms with Gasteiger partial charge in [0.05, 0.1) is 6.54 Å². The van der Waals surface area contributed by atoms with E-state index >= 15 is 0 Å². The second-order valence-electron chi connectivity index (χ2n) is 5.63. The van der Waals surface area contributed by atoms with Crippen LogP contribution in [0.4, 0.5) is 4.79 Å². The fourth-order valence-corrected chi connectivity index (χ4v) is 2.20. The van der Waals surface area contributed by atoms with Gasteiger partial charge in [0.15, 0.2) is 0 Å². The Bertz CT molecular complexity index is 307.